The molecule has 0 saturated carbocycles. The highest BCUT2D eigenvalue weighted by molar-refractivity contribution is 5.46. The van der Waals surface area contributed by atoms with Gasteiger partial charge in [-0.05, 0) is 19.1 Å². The number of ether oxygens (including phenoxy) is 3. The fourth-order valence-electron chi connectivity index (χ4n) is 1.34. The van der Waals surface area contributed by atoms with Crippen LogP contribution < -0.4 is 9.47 Å². The maximum Gasteiger partial charge on any atom is 0.162 e. The standard InChI is InChI=1S/C13H17NO3/c1-3-16-7-4-8-17-12-6-5-11(10-14)9-13(12)15-2/h5-6,9H,3-4,7-8H2,1-2H3. The highest BCUT2D eigenvalue weighted by atomic mass is 16.5. The molecule has 4 heteroatoms. The molecule has 1 aromatic carbocycles. The van der Waals surface area contributed by atoms with Gasteiger partial charge in [0.1, 0.15) is 0 Å². The van der Waals surface area contributed by atoms with Crippen molar-refractivity contribution in [2.45, 2.75) is 13.3 Å². The van der Waals surface area contributed by atoms with Crippen molar-refractivity contribution in [3.8, 4) is 17.6 Å². The summed E-state index contributed by atoms with van der Waals surface area (Å²) in [6.45, 7) is 3.95. The summed E-state index contributed by atoms with van der Waals surface area (Å²) in [7, 11) is 1.56. The number of hydrogen-bond donors (Lipinski definition) is 0. The first kappa shape index (κ1) is 13.3. The molecule has 0 aliphatic heterocycles. The van der Waals surface area contributed by atoms with Crippen LogP contribution in [0.2, 0.25) is 0 Å². The van der Waals surface area contributed by atoms with Crippen LogP contribution in [-0.4, -0.2) is 26.9 Å². The molecule has 0 radical (unpaired) electrons. The molecule has 0 heterocycles. The van der Waals surface area contributed by atoms with Crippen LogP contribution >= 0.6 is 0 Å². The summed E-state index contributed by atoms with van der Waals surface area (Å²) < 4.78 is 15.9. The van der Waals surface area contributed by atoms with Crippen LogP contribution in [0.4, 0.5) is 0 Å². The van der Waals surface area contributed by atoms with Gasteiger partial charge < -0.3 is 14.2 Å². The molecule has 0 spiro atoms. The Balaban J connectivity index is 2.50. The first-order chi connectivity index (χ1) is 8.31. The second-order valence-electron chi connectivity index (χ2n) is 3.38. The number of benzene rings is 1. The minimum Gasteiger partial charge on any atom is -0.493 e. The van der Waals surface area contributed by atoms with Crippen LogP contribution in [0.15, 0.2) is 18.2 Å². The van der Waals surface area contributed by atoms with Gasteiger partial charge in [0.05, 0.1) is 25.3 Å². The van der Waals surface area contributed by atoms with E-state index in [0.29, 0.717) is 30.3 Å². The summed E-state index contributed by atoms with van der Waals surface area (Å²) >= 11 is 0. The zero-order valence-corrected chi connectivity index (χ0v) is 10.2. The van der Waals surface area contributed by atoms with Crippen molar-refractivity contribution in [1.29, 1.82) is 5.26 Å². The van der Waals surface area contributed by atoms with Gasteiger partial charge in [0.25, 0.3) is 0 Å². The lowest BCUT2D eigenvalue weighted by molar-refractivity contribution is 0.130. The monoisotopic (exact) mass is 235 g/mol. The van der Waals surface area contributed by atoms with E-state index in [1.54, 1.807) is 25.3 Å². The Morgan fingerprint density at radius 2 is 2.06 bits per heavy atom. The summed E-state index contributed by atoms with van der Waals surface area (Å²) in [6.07, 6.45) is 0.830. The highest BCUT2D eigenvalue weighted by Crippen LogP contribution is 2.27. The molecule has 0 N–H and O–H groups in total. The molecule has 92 valence electrons. The molecule has 0 aliphatic carbocycles. The number of rotatable bonds is 7. The van der Waals surface area contributed by atoms with Crippen molar-refractivity contribution in [2.24, 2.45) is 0 Å². The molecule has 0 aliphatic rings. The molecule has 0 bridgehead atoms. The van der Waals surface area contributed by atoms with E-state index in [1.807, 2.05) is 6.92 Å². The van der Waals surface area contributed by atoms with E-state index in [4.69, 9.17) is 19.5 Å². The molecule has 0 amide bonds. The lowest BCUT2D eigenvalue weighted by Gasteiger charge is -2.10. The Labute approximate surface area is 102 Å². The van der Waals surface area contributed by atoms with E-state index in [9.17, 15) is 0 Å². The van der Waals surface area contributed by atoms with Crippen LogP contribution in [0.25, 0.3) is 0 Å². The summed E-state index contributed by atoms with van der Waals surface area (Å²) in [5.74, 6) is 1.24. The summed E-state index contributed by atoms with van der Waals surface area (Å²) in [6, 6.07) is 7.18. The molecule has 0 unspecified atom stereocenters. The largest absolute Gasteiger partial charge is 0.493 e. The topological polar surface area (TPSA) is 51.5 Å². The third kappa shape index (κ3) is 4.33. The van der Waals surface area contributed by atoms with Gasteiger partial charge in [-0.15, -0.1) is 0 Å². The number of hydrogen-bond acceptors (Lipinski definition) is 4. The summed E-state index contributed by atoms with van der Waals surface area (Å²) in [4.78, 5) is 0. The lowest BCUT2D eigenvalue weighted by atomic mass is 10.2. The first-order valence-electron chi connectivity index (χ1n) is 5.60. The van der Waals surface area contributed by atoms with Gasteiger partial charge in [-0.3, -0.25) is 0 Å². The Kier molecular flexibility index (Phi) is 5.91. The smallest absolute Gasteiger partial charge is 0.162 e. The van der Waals surface area contributed by atoms with E-state index in [1.165, 1.54) is 0 Å². The van der Waals surface area contributed by atoms with Gasteiger partial charge in [-0.2, -0.15) is 5.26 Å². The molecule has 0 atom stereocenters. The van der Waals surface area contributed by atoms with Crippen molar-refractivity contribution >= 4 is 0 Å². The number of methoxy groups -OCH3 is 1. The van der Waals surface area contributed by atoms with Crippen LogP contribution in [0, 0.1) is 11.3 Å². The third-order valence-corrected chi connectivity index (χ3v) is 2.19. The molecule has 0 saturated heterocycles. The van der Waals surface area contributed by atoms with E-state index in [0.717, 1.165) is 13.0 Å². The zero-order chi connectivity index (χ0) is 12.5. The fourth-order valence-corrected chi connectivity index (χ4v) is 1.34. The quantitative estimate of drug-likeness (QED) is 0.681. The van der Waals surface area contributed by atoms with Gasteiger partial charge in [0, 0.05) is 25.7 Å². The average molecular weight is 235 g/mol. The minimum atomic E-state index is 0.559. The Morgan fingerprint density at radius 1 is 1.24 bits per heavy atom. The van der Waals surface area contributed by atoms with E-state index in [2.05, 4.69) is 6.07 Å². The van der Waals surface area contributed by atoms with Crippen molar-refractivity contribution in [3.05, 3.63) is 23.8 Å². The maximum absolute atomic E-state index is 8.76. The van der Waals surface area contributed by atoms with Crippen LogP contribution in [0.3, 0.4) is 0 Å². The molecule has 1 aromatic rings. The van der Waals surface area contributed by atoms with Gasteiger partial charge in [0.2, 0.25) is 0 Å². The predicted molar refractivity (Wildman–Crippen MR) is 64.3 cm³/mol. The Bertz CT molecular complexity index is 385. The fraction of sp³-hybridized carbons (Fsp3) is 0.462. The predicted octanol–water partition coefficient (Wildman–Crippen LogP) is 2.37. The van der Waals surface area contributed by atoms with Gasteiger partial charge in [-0.1, -0.05) is 0 Å². The average Bonchev–Trinajstić information content (AvgIpc) is 2.38. The van der Waals surface area contributed by atoms with Crippen molar-refractivity contribution in [3.63, 3.8) is 0 Å². The molecular weight excluding hydrogens is 218 g/mol. The van der Waals surface area contributed by atoms with Crippen molar-refractivity contribution < 1.29 is 14.2 Å². The second kappa shape index (κ2) is 7.53. The van der Waals surface area contributed by atoms with Crippen LogP contribution in [-0.2, 0) is 4.74 Å². The molecule has 0 aromatic heterocycles. The molecule has 17 heavy (non-hydrogen) atoms. The first-order valence-corrected chi connectivity index (χ1v) is 5.60. The Hall–Kier alpha value is -1.73. The normalized spacial score (nSPS) is 9.71. The highest BCUT2D eigenvalue weighted by Gasteiger charge is 2.05. The lowest BCUT2D eigenvalue weighted by Crippen LogP contribution is -2.03. The number of nitriles is 1. The zero-order valence-electron chi connectivity index (χ0n) is 10.2. The van der Waals surface area contributed by atoms with Crippen LogP contribution in [0.1, 0.15) is 18.9 Å². The number of nitrogens with zero attached hydrogens (tertiary/aromatic N) is 1. The summed E-state index contributed by atoms with van der Waals surface area (Å²) in [5, 5.41) is 8.76. The summed E-state index contributed by atoms with van der Waals surface area (Å²) in [5.41, 5.74) is 0.559. The van der Waals surface area contributed by atoms with Crippen molar-refractivity contribution in [2.75, 3.05) is 26.9 Å². The van der Waals surface area contributed by atoms with E-state index < -0.39 is 0 Å². The van der Waals surface area contributed by atoms with E-state index in [-0.39, 0.29) is 0 Å². The molecule has 4 nitrogen and oxygen atoms in total. The van der Waals surface area contributed by atoms with Gasteiger partial charge in [0.15, 0.2) is 11.5 Å². The van der Waals surface area contributed by atoms with E-state index >= 15 is 0 Å². The molecule has 1 rings (SSSR count). The van der Waals surface area contributed by atoms with Crippen molar-refractivity contribution in [1.82, 2.24) is 0 Å². The SMILES string of the molecule is CCOCCCOc1ccc(C#N)cc1OC. The van der Waals surface area contributed by atoms with Gasteiger partial charge in [-0.25, -0.2) is 0 Å². The molecule has 0 fully saturated rings. The molecular formula is C13H17NO3. The Morgan fingerprint density at radius 3 is 2.71 bits per heavy atom. The van der Waals surface area contributed by atoms with Crippen LogP contribution in [0.5, 0.6) is 11.5 Å². The second-order valence-corrected chi connectivity index (χ2v) is 3.38. The minimum absolute atomic E-state index is 0.559. The van der Waals surface area contributed by atoms with Gasteiger partial charge >= 0.3 is 0 Å². The third-order valence-electron chi connectivity index (χ3n) is 2.19. The maximum atomic E-state index is 8.76.